The van der Waals surface area contributed by atoms with Crippen molar-refractivity contribution in [3.05, 3.63) is 86.3 Å². The average Bonchev–Trinajstić information content (AvgIpc) is 3.02. The summed E-state index contributed by atoms with van der Waals surface area (Å²) in [5.74, 6) is 0. The van der Waals surface area contributed by atoms with Crippen LogP contribution < -0.4 is 5.56 Å². The summed E-state index contributed by atoms with van der Waals surface area (Å²) in [6.07, 6.45) is 1.65. The van der Waals surface area contributed by atoms with Gasteiger partial charge in [-0.15, -0.1) is 0 Å². The number of non-ortho nitro benzene ring substituents is 1. The van der Waals surface area contributed by atoms with E-state index >= 15 is 0 Å². The second-order valence-electron chi connectivity index (χ2n) is 5.65. The number of nitro groups is 1. The van der Waals surface area contributed by atoms with E-state index in [1.165, 1.54) is 22.9 Å². The number of aromatic nitrogens is 3. The predicted octanol–water partition coefficient (Wildman–Crippen LogP) is 3.94. The molecule has 0 aliphatic carbocycles. The number of aromatic amines is 1. The van der Waals surface area contributed by atoms with Gasteiger partial charge >= 0.3 is 0 Å². The van der Waals surface area contributed by atoms with Gasteiger partial charge in [0.1, 0.15) is 0 Å². The number of fused-ring (bicyclic) bond motifs is 1. The lowest BCUT2D eigenvalue weighted by molar-refractivity contribution is -0.384. The largest absolute Gasteiger partial charge is 0.290 e. The molecule has 0 radical (unpaired) electrons. The molecule has 4 rings (SSSR count). The zero-order chi connectivity index (χ0) is 18.3. The predicted molar refractivity (Wildman–Crippen MR) is 98.8 cm³/mol. The summed E-state index contributed by atoms with van der Waals surface area (Å²) in [5, 5.41) is 15.2. The number of H-pyrrole nitrogens is 1. The molecule has 0 atom stereocenters. The first-order chi connectivity index (χ1) is 12.5. The van der Waals surface area contributed by atoms with Gasteiger partial charge in [-0.3, -0.25) is 25.0 Å². The van der Waals surface area contributed by atoms with Crippen LogP contribution in [0.3, 0.4) is 0 Å². The molecule has 0 aliphatic rings. The van der Waals surface area contributed by atoms with Gasteiger partial charge in [-0.05, 0) is 24.3 Å². The fraction of sp³-hybridized carbons (Fsp3) is 0. The molecule has 128 valence electrons. The first-order valence-corrected chi connectivity index (χ1v) is 8.02. The number of nitrogens with one attached hydrogen (secondary N) is 1. The Kier molecular flexibility index (Phi) is 3.78. The van der Waals surface area contributed by atoms with Crippen molar-refractivity contribution in [1.29, 1.82) is 0 Å². The molecule has 0 saturated heterocycles. The van der Waals surface area contributed by atoms with Gasteiger partial charge in [-0.25, -0.2) is 4.68 Å². The highest BCUT2D eigenvalue weighted by atomic mass is 35.5. The van der Waals surface area contributed by atoms with E-state index in [0.29, 0.717) is 27.5 Å². The summed E-state index contributed by atoms with van der Waals surface area (Å²) in [5.41, 5.74) is 1.87. The van der Waals surface area contributed by atoms with Crippen LogP contribution in [0.4, 0.5) is 5.69 Å². The van der Waals surface area contributed by atoms with Crippen LogP contribution in [0, 0.1) is 10.1 Å². The summed E-state index contributed by atoms with van der Waals surface area (Å²) in [6, 6.07) is 14.5. The van der Waals surface area contributed by atoms with Crippen LogP contribution in [0.25, 0.3) is 27.8 Å². The fourth-order valence-corrected chi connectivity index (χ4v) is 3.03. The Hall–Kier alpha value is -3.45. The molecule has 26 heavy (non-hydrogen) atoms. The van der Waals surface area contributed by atoms with Crippen molar-refractivity contribution >= 4 is 28.2 Å². The quantitative estimate of drug-likeness (QED) is 0.439. The molecule has 0 bridgehead atoms. The fourth-order valence-electron chi connectivity index (χ4n) is 2.82. The van der Waals surface area contributed by atoms with Crippen LogP contribution in [0.2, 0.25) is 5.02 Å². The van der Waals surface area contributed by atoms with Crippen LogP contribution in [0.5, 0.6) is 0 Å². The molecule has 0 unspecified atom stereocenters. The summed E-state index contributed by atoms with van der Waals surface area (Å²) in [4.78, 5) is 27.3. The van der Waals surface area contributed by atoms with Crippen LogP contribution in [0.1, 0.15) is 0 Å². The third-order valence-electron chi connectivity index (χ3n) is 3.99. The maximum atomic E-state index is 12.5. The average molecular weight is 367 g/mol. The minimum atomic E-state index is -0.477. The van der Waals surface area contributed by atoms with Gasteiger partial charge in [0, 0.05) is 40.4 Å². The molecule has 0 saturated carbocycles. The van der Waals surface area contributed by atoms with E-state index < -0.39 is 4.92 Å². The molecule has 2 aromatic heterocycles. The SMILES string of the molecule is O=c1cc(-c2cccc([N+](=O)[O-])c2)[nH]n1-c1cc(Cl)cc2ncccc12. The van der Waals surface area contributed by atoms with Crippen molar-refractivity contribution in [2.24, 2.45) is 0 Å². The molecule has 1 N–H and O–H groups in total. The maximum absolute atomic E-state index is 12.5. The molecular formula is C18H11ClN4O3. The second-order valence-corrected chi connectivity index (χ2v) is 6.08. The Morgan fingerprint density at radius 3 is 2.77 bits per heavy atom. The Balaban J connectivity index is 1.90. The zero-order valence-corrected chi connectivity index (χ0v) is 14.0. The van der Waals surface area contributed by atoms with E-state index in [-0.39, 0.29) is 11.2 Å². The number of benzene rings is 2. The molecule has 0 aliphatic heterocycles. The van der Waals surface area contributed by atoms with Crippen molar-refractivity contribution in [2.75, 3.05) is 0 Å². The first kappa shape index (κ1) is 16.0. The van der Waals surface area contributed by atoms with Gasteiger partial charge in [0.2, 0.25) is 0 Å². The van der Waals surface area contributed by atoms with Gasteiger partial charge in [-0.2, -0.15) is 0 Å². The smallest absolute Gasteiger partial charge is 0.271 e. The van der Waals surface area contributed by atoms with E-state index in [1.807, 2.05) is 6.07 Å². The molecule has 2 aromatic carbocycles. The lowest BCUT2D eigenvalue weighted by Gasteiger charge is -2.07. The van der Waals surface area contributed by atoms with E-state index in [0.717, 1.165) is 5.39 Å². The van der Waals surface area contributed by atoms with Crippen LogP contribution in [-0.4, -0.2) is 19.7 Å². The Morgan fingerprint density at radius 2 is 1.96 bits per heavy atom. The van der Waals surface area contributed by atoms with Gasteiger partial charge < -0.3 is 0 Å². The van der Waals surface area contributed by atoms with Crippen LogP contribution in [-0.2, 0) is 0 Å². The lowest BCUT2D eigenvalue weighted by Crippen LogP contribution is -2.13. The van der Waals surface area contributed by atoms with E-state index in [1.54, 1.807) is 36.5 Å². The number of nitrogens with zero attached hydrogens (tertiary/aromatic N) is 3. The summed E-state index contributed by atoms with van der Waals surface area (Å²) in [6.45, 7) is 0. The van der Waals surface area contributed by atoms with Gasteiger partial charge in [0.05, 0.1) is 21.8 Å². The number of hydrogen-bond donors (Lipinski definition) is 1. The van der Waals surface area contributed by atoms with E-state index in [2.05, 4.69) is 10.1 Å². The van der Waals surface area contributed by atoms with Crippen molar-refractivity contribution in [3.63, 3.8) is 0 Å². The third kappa shape index (κ3) is 2.74. The van der Waals surface area contributed by atoms with Gasteiger partial charge in [0.25, 0.3) is 11.2 Å². The van der Waals surface area contributed by atoms with Crippen LogP contribution >= 0.6 is 11.6 Å². The molecule has 2 heterocycles. The molecule has 0 amide bonds. The number of hydrogen-bond acceptors (Lipinski definition) is 4. The van der Waals surface area contributed by atoms with Gasteiger partial charge in [-0.1, -0.05) is 23.7 Å². The normalized spacial score (nSPS) is 11.0. The van der Waals surface area contributed by atoms with Crippen molar-refractivity contribution in [3.8, 4) is 16.9 Å². The molecule has 7 nitrogen and oxygen atoms in total. The number of halogens is 1. The molecule has 8 heteroatoms. The molecular weight excluding hydrogens is 356 g/mol. The highest BCUT2D eigenvalue weighted by Gasteiger charge is 2.13. The monoisotopic (exact) mass is 366 g/mol. The summed E-state index contributed by atoms with van der Waals surface area (Å²) >= 11 is 6.16. The van der Waals surface area contributed by atoms with E-state index in [9.17, 15) is 14.9 Å². The number of rotatable bonds is 3. The zero-order valence-electron chi connectivity index (χ0n) is 13.2. The molecule has 0 fully saturated rings. The Morgan fingerprint density at radius 1 is 1.12 bits per heavy atom. The Labute approximate surface area is 151 Å². The van der Waals surface area contributed by atoms with Crippen molar-refractivity contribution < 1.29 is 4.92 Å². The highest BCUT2D eigenvalue weighted by Crippen LogP contribution is 2.26. The molecule has 0 spiro atoms. The minimum absolute atomic E-state index is 0.0477. The first-order valence-electron chi connectivity index (χ1n) is 7.64. The van der Waals surface area contributed by atoms with E-state index in [4.69, 9.17) is 11.6 Å². The maximum Gasteiger partial charge on any atom is 0.271 e. The topological polar surface area (TPSA) is 93.8 Å². The number of nitro benzene ring substituents is 1. The van der Waals surface area contributed by atoms with Crippen molar-refractivity contribution in [1.82, 2.24) is 14.8 Å². The summed E-state index contributed by atoms with van der Waals surface area (Å²) in [7, 11) is 0. The third-order valence-corrected chi connectivity index (χ3v) is 4.21. The number of pyridine rings is 1. The standard InChI is InChI=1S/C18H11ClN4O3/c19-12-8-16-14(5-2-6-20-16)17(9-12)22-18(24)10-15(21-22)11-3-1-4-13(7-11)23(25)26/h1-10,21H. The highest BCUT2D eigenvalue weighted by molar-refractivity contribution is 6.31. The van der Waals surface area contributed by atoms with Gasteiger partial charge in [0.15, 0.2) is 0 Å². The molecule has 4 aromatic rings. The van der Waals surface area contributed by atoms with Crippen molar-refractivity contribution in [2.45, 2.75) is 0 Å². The summed E-state index contributed by atoms with van der Waals surface area (Å²) < 4.78 is 1.35. The Bertz CT molecular complexity index is 1210. The second kappa shape index (κ2) is 6.12. The minimum Gasteiger partial charge on any atom is -0.290 e. The lowest BCUT2D eigenvalue weighted by atomic mass is 10.1. The van der Waals surface area contributed by atoms with Crippen LogP contribution in [0.15, 0.2) is 65.6 Å².